The maximum absolute atomic E-state index is 13.8. The topological polar surface area (TPSA) is 86.8 Å². The molecule has 0 aliphatic heterocycles. The van der Waals surface area contributed by atoms with Crippen molar-refractivity contribution in [2.75, 3.05) is 23.7 Å². The van der Waals surface area contributed by atoms with E-state index in [0.29, 0.717) is 18.7 Å². The summed E-state index contributed by atoms with van der Waals surface area (Å²) >= 11 is 0. The number of carbonyl (C=O) groups is 2. The molecule has 0 unspecified atom stereocenters. The standard InChI is InChI=1S/C29H41N3O4S/c1-22(2)26-17-11-12-18-27(26)32(37(4,35)36)21-28(33)31(20-19-24-13-7-5-8-14-24)23(3)29(34)30-25-15-9-6-10-16-25/h5,7-8,11-14,17-18,22-23,25H,6,9-10,15-16,19-21H2,1-4H3,(H,30,34)/t23-/m1/s1. The largest absolute Gasteiger partial charge is 0.352 e. The highest BCUT2D eigenvalue weighted by molar-refractivity contribution is 7.92. The van der Waals surface area contributed by atoms with Gasteiger partial charge in [0.05, 0.1) is 11.9 Å². The molecule has 1 aliphatic rings. The zero-order chi connectivity index (χ0) is 27.0. The van der Waals surface area contributed by atoms with E-state index in [1.54, 1.807) is 19.1 Å². The molecule has 0 bridgehead atoms. The van der Waals surface area contributed by atoms with Crippen molar-refractivity contribution >= 4 is 27.5 Å². The molecule has 1 fully saturated rings. The van der Waals surface area contributed by atoms with Crippen molar-refractivity contribution in [3.63, 3.8) is 0 Å². The van der Waals surface area contributed by atoms with Gasteiger partial charge in [-0.2, -0.15) is 0 Å². The summed E-state index contributed by atoms with van der Waals surface area (Å²) in [6.07, 6.45) is 6.94. The molecule has 37 heavy (non-hydrogen) atoms. The summed E-state index contributed by atoms with van der Waals surface area (Å²) in [5, 5.41) is 3.13. The number of hydrogen-bond donors (Lipinski definition) is 1. The lowest BCUT2D eigenvalue weighted by molar-refractivity contribution is -0.139. The van der Waals surface area contributed by atoms with Gasteiger partial charge in [0.1, 0.15) is 12.6 Å². The van der Waals surface area contributed by atoms with Gasteiger partial charge in [0.25, 0.3) is 0 Å². The lowest BCUT2D eigenvalue weighted by atomic mass is 9.95. The molecule has 3 rings (SSSR count). The van der Waals surface area contributed by atoms with Gasteiger partial charge in [0.15, 0.2) is 0 Å². The van der Waals surface area contributed by atoms with Crippen molar-refractivity contribution in [3.05, 3.63) is 65.7 Å². The first kappa shape index (κ1) is 28.7. The number of nitrogens with one attached hydrogen (secondary N) is 1. The van der Waals surface area contributed by atoms with Crippen molar-refractivity contribution in [3.8, 4) is 0 Å². The van der Waals surface area contributed by atoms with E-state index in [2.05, 4.69) is 5.32 Å². The second-order valence-corrected chi connectivity index (χ2v) is 12.2. The normalized spacial score (nSPS) is 15.3. The Kier molecular flexibility index (Phi) is 10.1. The van der Waals surface area contributed by atoms with Crippen LogP contribution in [0.2, 0.25) is 0 Å². The van der Waals surface area contributed by atoms with Crippen LogP contribution in [0.25, 0.3) is 0 Å². The summed E-state index contributed by atoms with van der Waals surface area (Å²) in [7, 11) is -3.75. The molecule has 1 atom stereocenters. The van der Waals surface area contributed by atoms with Crippen molar-refractivity contribution < 1.29 is 18.0 Å². The van der Waals surface area contributed by atoms with Crippen molar-refractivity contribution in [2.24, 2.45) is 0 Å². The number of para-hydroxylation sites is 1. The van der Waals surface area contributed by atoms with Gasteiger partial charge in [-0.15, -0.1) is 0 Å². The number of amides is 2. The fraction of sp³-hybridized carbons (Fsp3) is 0.517. The van der Waals surface area contributed by atoms with Crippen molar-refractivity contribution in [1.29, 1.82) is 0 Å². The lowest BCUT2D eigenvalue weighted by Gasteiger charge is -2.33. The van der Waals surface area contributed by atoms with Crippen molar-refractivity contribution in [1.82, 2.24) is 10.2 Å². The van der Waals surface area contributed by atoms with E-state index in [9.17, 15) is 18.0 Å². The Morgan fingerprint density at radius 3 is 2.19 bits per heavy atom. The average Bonchev–Trinajstić information content (AvgIpc) is 2.87. The van der Waals surface area contributed by atoms with Crippen LogP contribution in [0, 0.1) is 0 Å². The molecule has 0 radical (unpaired) electrons. The first-order valence-corrected chi connectivity index (χ1v) is 15.1. The lowest BCUT2D eigenvalue weighted by Crippen LogP contribution is -2.53. The van der Waals surface area contributed by atoms with Crippen molar-refractivity contribution in [2.45, 2.75) is 77.3 Å². The molecule has 0 heterocycles. The molecular formula is C29H41N3O4S. The van der Waals surface area contributed by atoms with Gasteiger partial charge in [-0.3, -0.25) is 13.9 Å². The first-order chi connectivity index (χ1) is 17.6. The van der Waals surface area contributed by atoms with Gasteiger partial charge in [0.2, 0.25) is 21.8 Å². The summed E-state index contributed by atoms with van der Waals surface area (Å²) in [6.45, 7) is 5.66. The Labute approximate surface area is 222 Å². The SMILES string of the molecule is CC(C)c1ccccc1N(CC(=O)N(CCc1ccccc1)[C@H](C)C(=O)NC1CCCCC1)S(C)(=O)=O. The highest BCUT2D eigenvalue weighted by Crippen LogP contribution is 2.29. The third-order valence-corrected chi connectivity index (χ3v) is 8.24. The molecule has 202 valence electrons. The molecule has 7 nitrogen and oxygen atoms in total. The highest BCUT2D eigenvalue weighted by atomic mass is 32.2. The van der Waals surface area contributed by atoms with Crippen LogP contribution in [0.3, 0.4) is 0 Å². The minimum absolute atomic E-state index is 0.0740. The predicted molar refractivity (Wildman–Crippen MR) is 149 cm³/mol. The number of benzene rings is 2. The van der Waals surface area contributed by atoms with Crippen LogP contribution in [0.5, 0.6) is 0 Å². The van der Waals surface area contributed by atoms with Gasteiger partial charge in [-0.05, 0) is 49.3 Å². The van der Waals surface area contributed by atoms with Crippen LogP contribution in [0.15, 0.2) is 54.6 Å². The molecule has 0 saturated heterocycles. The third-order valence-electron chi connectivity index (χ3n) is 7.11. The first-order valence-electron chi connectivity index (χ1n) is 13.3. The zero-order valence-electron chi connectivity index (χ0n) is 22.5. The molecule has 1 saturated carbocycles. The van der Waals surface area contributed by atoms with Crippen LogP contribution in [-0.2, 0) is 26.0 Å². The van der Waals surface area contributed by atoms with Gasteiger partial charge in [-0.1, -0.05) is 81.6 Å². The molecule has 1 N–H and O–H groups in total. The summed E-state index contributed by atoms with van der Waals surface area (Å²) in [6, 6.07) is 16.4. The predicted octanol–water partition coefficient (Wildman–Crippen LogP) is 4.48. The fourth-order valence-electron chi connectivity index (χ4n) is 4.94. The fourth-order valence-corrected chi connectivity index (χ4v) is 5.80. The van der Waals surface area contributed by atoms with Crippen LogP contribution in [-0.4, -0.2) is 56.6 Å². The van der Waals surface area contributed by atoms with Crippen LogP contribution < -0.4 is 9.62 Å². The minimum atomic E-state index is -3.75. The zero-order valence-corrected chi connectivity index (χ0v) is 23.3. The van der Waals surface area contributed by atoms with Crippen LogP contribution >= 0.6 is 0 Å². The minimum Gasteiger partial charge on any atom is -0.352 e. The van der Waals surface area contributed by atoms with Gasteiger partial charge >= 0.3 is 0 Å². The Bertz CT molecular complexity index is 1140. The summed E-state index contributed by atoms with van der Waals surface area (Å²) in [5.41, 5.74) is 2.39. The Hall–Kier alpha value is -2.87. The highest BCUT2D eigenvalue weighted by Gasteiger charge is 2.31. The molecule has 2 aromatic carbocycles. The summed E-state index contributed by atoms with van der Waals surface area (Å²) in [4.78, 5) is 28.5. The number of anilines is 1. The maximum atomic E-state index is 13.8. The molecule has 0 spiro atoms. The van der Waals surface area contributed by atoms with E-state index in [0.717, 1.165) is 43.1 Å². The maximum Gasteiger partial charge on any atom is 0.244 e. The van der Waals surface area contributed by atoms with E-state index >= 15 is 0 Å². The second-order valence-electron chi connectivity index (χ2n) is 10.3. The van der Waals surface area contributed by atoms with E-state index < -0.39 is 22.0 Å². The monoisotopic (exact) mass is 527 g/mol. The summed E-state index contributed by atoms with van der Waals surface area (Å²) < 4.78 is 26.9. The van der Waals surface area contributed by atoms with E-state index in [1.165, 1.54) is 15.6 Å². The third kappa shape index (κ3) is 8.06. The molecule has 2 amide bonds. The van der Waals surface area contributed by atoms with E-state index in [4.69, 9.17) is 0 Å². The molecule has 8 heteroatoms. The van der Waals surface area contributed by atoms with Gasteiger partial charge in [0, 0.05) is 12.6 Å². The molecule has 0 aromatic heterocycles. The van der Waals surface area contributed by atoms with E-state index in [-0.39, 0.29) is 24.4 Å². The molecular weight excluding hydrogens is 486 g/mol. The Morgan fingerprint density at radius 1 is 0.946 bits per heavy atom. The quantitative estimate of drug-likeness (QED) is 0.467. The number of nitrogens with zero attached hydrogens (tertiary/aromatic N) is 2. The average molecular weight is 528 g/mol. The van der Waals surface area contributed by atoms with Gasteiger partial charge in [-0.25, -0.2) is 8.42 Å². The second kappa shape index (κ2) is 13.1. The number of hydrogen-bond acceptors (Lipinski definition) is 4. The summed E-state index contributed by atoms with van der Waals surface area (Å²) in [5.74, 6) is -0.516. The smallest absolute Gasteiger partial charge is 0.244 e. The van der Waals surface area contributed by atoms with Gasteiger partial charge < -0.3 is 10.2 Å². The molecule has 2 aromatic rings. The number of carbonyl (C=O) groups excluding carboxylic acids is 2. The Morgan fingerprint density at radius 2 is 1.57 bits per heavy atom. The van der Waals surface area contributed by atoms with Crippen LogP contribution in [0.4, 0.5) is 5.69 Å². The number of sulfonamides is 1. The Balaban J connectivity index is 1.86. The van der Waals surface area contributed by atoms with Crippen LogP contribution in [0.1, 0.15) is 69.9 Å². The van der Waals surface area contributed by atoms with E-state index in [1.807, 2.05) is 56.3 Å². The molecule has 1 aliphatic carbocycles. The number of rotatable bonds is 11.